The zero-order valence-corrected chi connectivity index (χ0v) is 10.1. The van der Waals surface area contributed by atoms with E-state index in [1.165, 1.54) is 12.1 Å². The molecule has 2 rings (SSSR count). The average molecular weight is 259 g/mol. The monoisotopic (exact) mass is 259 g/mol. The highest BCUT2D eigenvalue weighted by Gasteiger charge is 2.34. The predicted octanol–water partition coefficient (Wildman–Crippen LogP) is 3.47. The first-order valence-corrected chi connectivity index (χ1v) is 6.06. The van der Waals surface area contributed by atoms with Crippen molar-refractivity contribution in [2.45, 2.75) is 38.7 Å². The summed E-state index contributed by atoms with van der Waals surface area (Å²) in [6, 6.07) is 6.61. The first-order chi connectivity index (χ1) is 8.48. The summed E-state index contributed by atoms with van der Waals surface area (Å²) in [5.41, 5.74) is 0.804. The van der Waals surface area contributed by atoms with Crippen molar-refractivity contribution in [3.63, 3.8) is 0 Å². The van der Waals surface area contributed by atoms with E-state index in [9.17, 15) is 13.2 Å². The van der Waals surface area contributed by atoms with Gasteiger partial charge < -0.3 is 10.1 Å². The van der Waals surface area contributed by atoms with Gasteiger partial charge in [0, 0.05) is 12.6 Å². The molecule has 100 valence electrons. The van der Waals surface area contributed by atoms with Crippen LogP contribution in [0, 0.1) is 5.92 Å². The topological polar surface area (TPSA) is 21.3 Å². The number of benzene rings is 1. The summed E-state index contributed by atoms with van der Waals surface area (Å²) in [7, 11) is 0. The quantitative estimate of drug-likeness (QED) is 0.874. The lowest BCUT2D eigenvalue weighted by Gasteiger charge is -2.10. The molecule has 0 aliphatic heterocycles. The Hall–Kier alpha value is -1.23. The Balaban J connectivity index is 1.87. The molecule has 1 N–H and O–H groups in total. The van der Waals surface area contributed by atoms with Crippen LogP contribution in [0.25, 0.3) is 0 Å². The van der Waals surface area contributed by atoms with Crippen molar-refractivity contribution in [2.24, 2.45) is 5.92 Å². The average Bonchev–Trinajstić information content (AvgIpc) is 3.03. The van der Waals surface area contributed by atoms with Crippen molar-refractivity contribution in [1.82, 2.24) is 5.32 Å². The molecule has 2 nitrogen and oxygen atoms in total. The first-order valence-electron chi connectivity index (χ1n) is 6.06. The maximum atomic E-state index is 12.1. The summed E-state index contributed by atoms with van der Waals surface area (Å²) < 4.78 is 40.0. The summed E-state index contributed by atoms with van der Waals surface area (Å²) in [6.45, 7) is 2.72. The molecule has 2 unspecified atom stereocenters. The fraction of sp³-hybridized carbons (Fsp3) is 0.538. The van der Waals surface area contributed by atoms with Gasteiger partial charge in [0.05, 0.1) is 0 Å². The molecule has 1 aromatic rings. The molecule has 5 heteroatoms. The van der Waals surface area contributed by atoms with Gasteiger partial charge in [0.2, 0.25) is 0 Å². The molecule has 1 saturated carbocycles. The highest BCUT2D eigenvalue weighted by atomic mass is 19.4. The van der Waals surface area contributed by atoms with Gasteiger partial charge in [-0.1, -0.05) is 25.5 Å². The van der Waals surface area contributed by atoms with Crippen molar-refractivity contribution in [3.8, 4) is 5.75 Å². The van der Waals surface area contributed by atoms with E-state index in [0.29, 0.717) is 12.6 Å². The molecule has 18 heavy (non-hydrogen) atoms. The third kappa shape index (κ3) is 3.91. The lowest BCUT2D eigenvalue weighted by molar-refractivity contribution is -0.274. The minimum Gasteiger partial charge on any atom is -0.406 e. The van der Waals surface area contributed by atoms with E-state index in [-0.39, 0.29) is 5.75 Å². The van der Waals surface area contributed by atoms with E-state index < -0.39 is 6.36 Å². The van der Waals surface area contributed by atoms with Gasteiger partial charge in [-0.3, -0.25) is 0 Å². The molecule has 0 amide bonds. The fourth-order valence-corrected chi connectivity index (χ4v) is 2.05. The van der Waals surface area contributed by atoms with Crippen LogP contribution in [0.5, 0.6) is 5.75 Å². The smallest absolute Gasteiger partial charge is 0.406 e. The second kappa shape index (κ2) is 5.18. The van der Waals surface area contributed by atoms with Crippen LogP contribution in [-0.4, -0.2) is 12.4 Å². The molecule has 1 aromatic carbocycles. The largest absolute Gasteiger partial charge is 0.573 e. The van der Waals surface area contributed by atoms with E-state index in [0.717, 1.165) is 24.3 Å². The highest BCUT2D eigenvalue weighted by Crippen LogP contribution is 2.33. The van der Waals surface area contributed by atoms with Gasteiger partial charge in [0.1, 0.15) is 5.75 Å². The van der Waals surface area contributed by atoms with E-state index in [2.05, 4.69) is 17.0 Å². The zero-order valence-electron chi connectivity index (χ0n) is 10.1. The van der Waals surface area contributed by atoms with Crippen LogP contribution in [0.3, 0.4) is 0 Å². The molecule has 0 heterocycles. The number of alkyl halides is 3. The molecule has 0 spiro atoms. The molecule has 2 atom stereocenters. The van der Waals surface area contributed by atoms with Gasteiger partial charge in [-0.2, -0.15) is 0 Å². The number of nitrogens with one attached hydrogen (secondary N) is 1. The molecule has 0 saturated heterocycles. The van der Waals surface area contributed by atoms with E-state index in [1.54, 1.807) is 12.1 Å². The third-order valence-electron chi connectivity index (χ3n) is 3.15. The van der Waals surface area contributed by atoms with Gasteiger partial charge >= 0.3 is 6.36 Å². The van der Waals surface area contributed by atoms with Gasteiger partial charge in [-0.25, -0.2) is 0 Å². The summed E-state index contributed by atoms with van der Waals surface area (Å²) in [6.07, 6.45) is -2.32. The Morgan fingerprint density at radius 2 is 2.17 bits per heavy atom. The second-order valence-corrected chi connectivity index (χ2v) is 4.59. The fourth-order valence-electron chi connectivity index (χ4n) is 2.05. The molecule has 1 fully saturated rings. The SMILES string of the molecule is CCC1CC1NCc1cccc(OC(F)(F)F)c1. The predicted molar refractivity (Wildman–Crippen MR) is 62.2 cm³/mol. The second-order valence-electron chi connectivity index (χ2n) is 4.59. The molecule has 1 aliphatic rings. The van der Waals surface area contributed by atoms with Crippen LogP contribution in [0.2, 0.25) is 0 Å². The number of hydrogen-bond donors (Lipinski definition) is 1. The Labute approximate surface area is 104 Å². The Bertz CT molecular complexity index is 405. The third-order valence-corrected chi connectivity index (χ3v) is 3.15. The van der Waals surface area contributed by atoms with Crippen molar-refractivity contribution in [2.75, 3.05) is 0 Å². The number of hydrogen-bond acceptors (Lipinski definition) is 2. The summed E-state index contributed by atoms with van der Waals surface area (Å²) in [4.78, 5) is 0. The lowest BCUT2D eigenvalue weighted by Crippen LogP contribution is -2.19. The van der Waals surface area contributed by atoms with Gasteiger partial charge in [0.15, 0.2) is 0 Å². The number of rotatable bonds is 5. The maximum Gasteiger partial charge on any atom is 0.573 e. The summed E-state index contributed by atoms with van der Waals surface area (Å²) in [5.74, 6) is 0.559. The number of ether oxygens (including phenoxy) is 1. The highest BCUT2D eigenvalue weighted by molar-refractivity contribution is 5.28. The van der Waals surface area contributed by atoms with Crippen molar-refractivity contribution >= 4 is 0 Å². The van der Waals surface area contributed by atoms with E-state index >= 15 is 0 Å². The molecule has 0 bridgehead atoms. The molecule has 1 aliphatic carbocycles. The van der Waals surface area contributed by atoms with Crippen LogP contribution in [0.4, 0.5) is 13.2 Å². The minimum atomic E-state index is -4.63. The Morgan fingerprint density at radius 1 is 1.39 bits per heavy atom. The van der Waals surface area contributed by atoms with Crippen molar-refractivity contribution in [1.29, 1.82) is 0 Å². The van der Waals surface area contributed by atoms with Crippen LogP contribution < -0.4 is 10.1 Å². The van der Waals surface area contributed by atoms with Crippen molar-refractivity contribution < 1.29 is 17.9 Å². The zero-order chi connectivity index (χ0) is 13.2. The van der Waals surface area contributed by atoms with E-state index in [4.69, 9.17) is 0 Å². The van der Waals surface area contributed by atoms with Crippen LogP contribution in [-0.2, 0) is 6.54 Å². The first kappa shape index (κ1) is 13.2. The number of halogens is 3. The Morgan fingerprint density at radius 3 is 2.78 bits per heavy atom. The molecule has 0 aromatic heterocycles. The van der Waals surface area contributed by atoms with Gasteiger partial charge in [0.25, 0.3) is 0 Å². The van der Waals surface area contributed by atoms with Crippen LogP contribution in [0.15, 0.2) is 24.3 Å². The van der Waals surface area contributed by atoms with Gasteiger partial charge in [-0.05, 0) is 30.0 Å². The van der Waals surface area contributed by atoms with Gasteiger partial charge in [-0.15, -0.1) is 13.2 Å². The van der Waals surface area contributed by atoms with Crippen molar-refractivity contribution in [3.05, 3.63) is 29.8 Å². The molecular formula is C13H16F3NO. The minimum absolute atomic E-state index is 0.162. The summed E-state index contributed by atoms with van der Waals surface area (Å²) >= 11 is 0. The Kier molecular flexibility index (Phi) is 3.80. The molecule has 0 radical (unpaired) electrons. The van der Waals surface area contributed by atoms with Crippen LogP contribution >= 0.6 is 0 Å². The van der Waals surface area contributed by atoms with Crippen LogP contribution in [0.1, 0.15) is 25.3 Å². The lowest BCUT2D eigenvalue weighted by atomic mass is 10.2. The van der Waals surface area contributed by atoms with E-state index in [1.807, 2.05) is 0 Å². The summed E-state index contributed by atoms with van der Waals surface area (Å²) in [5, 5.41) is 3.33. The normalized spacial score (nSPS) is 22.9. The molecular weight excluding hydrogens is 243 g/mol. The maximum absolute atomic E-state index is 12.1. The standard InChI is InChI=1S/C13H16F3NO/c1-2-10-7-12(10)17-8-9-4-3-5-11(6-9)18-13(14,15)16/h3-6,10,12,17H,2,7-8H2,1H3.